The summed E-state index contributed by atoms with van der Waals surface area (Å²) >= 11 is 6.26. The van der Waals surface area contributed by atoms with Gasteiger partial charge in [-0.2, -0.15) is 0 Å². The van der Waals surface area contributed by atoms with E-state index in [0.717, 1.165) is 0 Å². The van der Waals surface area contributed by atoms with E-state index in [0.29, 0.717) is 23.3 Å². The molecule has 1 amide bonds. The highest BCUT2D eigenvalue weighted by Crippen LogP contribution is 2.23. The summed E-state index contributed by atoms with van der Waals surface area (Å²) in [6, 6.07) is 5.79. The van der Waals surface area contributed by atoms with Crippen molar-refractivity contribution < 1.29 is 32.4 Å². The minimum atomic E-state index is -1.16. The summed E-state index contributed by atoms with van der Waals surface area (Å²) in [5.74, 6) is -3.92. The van der Waals surface area contributed by atoms with Gasteiger partial charge in [-0.25, -0.2) is 13.2 Å². The van der Waals surface area contributed by atoms with Crippen molar-refractivity contribution in [3.05, 3.63) is 69.5 Å². The van der Waals surface area contributed by atoms with Crippen molar-refractivity contribution in [3.8, 4) is 0 Å². The third kappa shape index (κ3) is 6.21. The first-order valence-corrected chi connectivity index (χ1v) is 9.74. The minimum Gasteiger partial charge on any atom is -0.398 e. The van der Waals surface area contributed by atoms with Crippen LogP contribution in [0, 0.1) is 17.5 Å². The Bertz CT molecular complexity index is 1010. The predicted octanol–water partition coefficient (Wildman–Crippen LogP) is 3.81. The Kier molecular flexibility index (Phi) is 9.48. The van der Waals surface area contributed by atoms with Crippen molar-refractivity contribution in [2.45, 2.75) is 13.5 Å². The van der Waals surface area contributed by atoms with Gasteiger partial charge in [-0.1, -0.05) is 34.0 Å². The van der Waals surface area contributed by atoms with Crippen LogP contribution in [0.2, 0.25) is 5.02 Å². The number of halogens is 4. The van der Waals surface area contributed by atoms with Crippen LogP contribution < -0.4 is 5.32 Å². The average molecular weight is 472 g/mol. The number of benzene rings is 2. The molecular formula is C21H21ClF3N3O4. The van der Waals surface area contributed by atoms with Crippen LogP contribution >= 0.6 is 11.6 Å². The van der Waals surface area contributed by atoms with E-state index >= 15 is 0 Å². The van der Waals surface area contributed by atoms with Gasteiger partial charge in [0, 0.05) is 41.9 Å². The Morgan fingerprint density at radius 1 is 1.16 bits per heavy atom. The zero-order valence-electron chi connectivity index (χ0n) is 17.5. The van der Waals surface area contributed by atoms with Gasteiger partial charge < -0.3 is 19.7 Å². The van der Waals surface area contributed by atoms with Gasteiger partial charge in [0.2, 0.25) is 0 Å². The van der Waals surface area contributed by atoms with Crippen LogP contribution in [0.1, 0.15) is 23.6 Å². The number of amides is 1. The lowest BCUT2D eigenvalue weighted by molar-refractivity contribution is -0.114. The molecule has 2 aromatic rings. The monoisotopic (exact) mass is 471 g/mol. The van der Waals surface area contributed by atoms with Gasteiger partial charge in [0.1, 0.15) is 36.9 Å². The van der Waals surface area contributed by atoms with Crippen molar-refractivity contribution >= 4 is 28.9 Å². The lowest BCUT2D eigenvalue weighted by Gasteiger charge is -2.13. The van der Waals surface area contributed by atoms with E-state index in [1.54, 1.807) is 25.1 Å². The number of carbonyl (C=O) groups excluding carboxylic acids is 1. The van der Waals surface area contributed by atoms with Crippen molar-refractivity contribution in [2.24, 2.45) is 10.3 Å². The van der Waals surface area contributed by atoms with Crippen LogP contribution in [-0.4, -0.2) is 44.7 Å². The maximum atomic E-state index is 14.2. The summed E-state index contributed by atoms with van der Waals surface area (Å²) in [6.07, 6.45) is 0. The molecule has 1 N–H and O–H groups in total. The van der Waals surface area contributed by atoms with Crippen molar-refractivity contribution in [2.75, 3.05) is 27.4 Å². The Morgan fingerprint density at radius 2 is 1.84 bits per heavy atom. The zero-order valence-corrected chi connectivity index (χ0v) is 18.3. The molecule has 0 atom stereocenters. The average Bonchev–Trinajstić information content (AvgIpc) is 2.75. The molecule has 0 saturated carbocycles. The molecule has 0 spiro atoms. The number of nitrogens with one attached hydrogen (secondary N) is 1. The van der Waals surface area contributed by atoms with Gasteiger partial charge >= 0.3 is 0 Å². The molecule has 0 radical (unpaired) electrons. The Morgan fingerprint density at radius 3 is 2.44 bits per heavy atom. The molecule has 0 heterocycles. The lowest BCUT2D eigenvalue weighted by Crippen LogP contribution is -2.29. The molecule has 0 aliphatic heterocycles. The smallest absolute Gasteiger partial charge is 0.273 e. The quantitative estimate of drug-likeness (QED) is 0.422. The molecule has 2 rings (SSSR count). The number of rotatable bonds is 10. The standard InChI is InChI=1S/C21H21ClF3N3O4/c1-4-31-11-18(19-16(24)8-12(23)9-17(19)25)27-32-10-14-13(6-5-7-15(14)22)20(28-30-3)21(29)26-2/h5-9H,4,10-11H2,1-3H3,(H,26,29)/b27-18+,28-20+. The second-order valence-electron chi connectivity index (χ2n) is 6.16. The summed E-state index contributed by atoms with van der Waals surface area (Å²) in [7, 11) is 2.70. The number of ether oxygens (including phenoxy) is 1. The zero-order chi connectivity index (χ0) is 23.7. The number of carbonyl (C=O) groups is 1. The second kappa shape index (κ2) is 12.1. The molecule has 0 unspecified atom stereocenters. The van der Waals surface area contributed by atoms with Crippen molar-refractivity contribution in [1.82, 2.24) is 5.32 Å². The third-order valence-corrected chi connectivity index (χ3v) is 4.47. The van der Waals surface area contributed by atoms with E-state index in [9.17, 15) is 18.0 Å². The van der Waals surface area contributed by atoms with E-state index in [1.807, 2.05) is 0 Å². The molecule has 0 bridgehead atoms. The maximum absolute atomic E-state index is 14.2. The molecule has 0 aliphatic rings. The van der Waals surface area contributed by atoms with Gasteiger partial charge in [0.15, 0.2) is 5.71 Å². The van der Waals surface area contributed by atoms with Crippen molar-refractivity contribution in [3.63, 3.8) is 0 Å². The van der Waals surface area contributed by atoms with Crippen LogP contribution in [0.25, 0.3) is 0 Å². The Hall–Kier alpha value is -3.11. The first-order valence-electron chi connectivity index (χ1n) is 9.36. The molecule has 2 aromatic carbocycles. The predicted molar refractivity (Wildman–Crippen MR) is 113 cm³/mol. The maximum Gasteiger partial charge on any atom is 0.273 e. The summed E-state index contributed by atoms with van der Waals surface area (Å²) in [5.41, 5.74) is -0.239. The first kappa shape index (κ1) is 25.2. The van der Waals surface area contributed by atoms with E-state index in [4.69, 9.17) is 26.0 Å². The minimum absolute atomic E-state index is 0.0646. The van der Waals surface area contributed by atoms with E-state index in [2.05, 4.69) is 15.6 Å². The second-order valence-corrected chi connectivity index (χ2v) is 6.57. The Labute approximate surface area is 187 Å². The Balaban J connectivity index is 2.41. The third-order valence-electron chi connectivity index (χ3n) is 4.12. The molecule has 7 nitrogen and oxygen atoms in total. The van der Waals surface area contributed by atoms with Crippen LogP contribution in [0.3, 0.4) is 0 Å². The van der Waals surface area contributed by atoms with Gasteiger partial charge in [0.25, 0.3) is 5.91 Å². The van der Waals surface area contributed by atoms with Crippen LogP contribution in [-0.2, 0) is 25.8 Å². The van der Waals surface area contributed by atoms with Gasteiger partial charge in [-0.05, 0) is 13.0 Å². The van der Waals surface area contributed by atoms with Crippen LogP contribution in [0.4, 0.5) is 13.2 Å². The fourth-order valence-electron chi connectivity index (χ4n) is 2.69. The molecule has 32 heavy (non-hydrogen) atoms. The van der Waals surface area contributed by atoms with E-state index in [1.165, 1.54) is 14.2 Å². The molecule has 0 saturated heterocycles. The van der Waals surface area contributed by atoms with Crippen LogP contribution in [0.5, 0.6) is 0 Å². The summed E-state index contributed by atoms with van der Waals surface area (Å²) in [6.45, 7) is 1.34. The number of nitrogens with zero attached hydrogens (tertiary/aromatic N) is 2. The highest BCUT2D eigenvalue weighted by Gasteiger charge is 2.21. The molecule has 0 fully saturated rings. The topological polar surface area (TPSA) is 81.5 Å². The van der Waals surface area contributed by atoms with E-state index in [-0.39, 0.29) is 36.3 Å². The fourth-order valence-corrected chi connectivity index (χ4v) is 2.91. The first-order chi connectivity index (χ1) is 15.3. The molecule has 172 valence electrons. The van der Waals surface area contributed by atoms with Crippen LogP contribution in [0.15, 0.2) is 40.6 Å². The molecule has 0 aromatic heterocycles. The molecule has 0 aliphatic carbocycles. The van der Waals surface area contributed by atoms with Gasteiger partial charge in [-0.15, -0.1) is 0 Å². The highest BCUT2D eigenvalue weighted by atomic mass is 35.5. The number of oxime groups is 2. The normalized spacial score (nSPS) is 12.0. The number of hydrogen-bond acceptors (Lipinski definition) is 6. The largest absolute Gasteiger partial charge is 0.398 e. The number of likely N-dealkylation sites (N-methyl/N-ethyl adjacent to an activating group) is 1. The van der Waals surface area contributed by atoms with Gasteiger partial charge in [-0.3, -0.25) is 4.79 Å². The number of hydrogen-bond donors (Lipinski definition) is 1. The highest BCUT2D eigenvalue weighted by molar-refractivity contribution is 6.46. The lowest BCUT2D eigenvalue weighted by atomic mass is 10.0. The summed E-state index contributed by atoms with van der Waals surface area (Å²) in [4.78, 5) is 22.2. The van der Waals surface area contributed by atoms with E-state index < -0.39 is 28.9 Å². The van der Waals surface area contributed by atoms with Crippen molar-refractivity contribution in [1.29, 1.82) is 0 Å². The van der Waals surface area contributed by atoms with Gasteiger partial charge in [0.05, 0.1) is 12.2 Å². The molecule has 11 heteroatoms. The summed E-state index contributed by atoms with van der Waals surface area (Å²) in [5, 5.41) is 10.2. The fraction of sp³-hybridized carbons (Fsp3) is 0.286. The SMILES string of the molecule is CCOC/C(=N\OCc1c(Cl)cccc1/C(=N\OC)C(=O)NC)c1c(F)cc(F)cc1F. The summed E-state index contributed by atoms with van der Waals surface area (Å²) < 4.78 is 46.9. The molecular weight excluding hydrogens is 451 g/mol.